The highest BCUT2D eigenvalue weighted by atomic mass is 35.5. The summed E-state index contributed by atoms with van der Waals surface area (Å²) in [5, 5.41) is 9.72. The summed E-state index contributed by atoms with van der Waals surface area (Å²) in [7, 11) is 0. The molecule has 5 aromatic carbocycles. The van der Waals surface area contributed by atoms with Gasteiger partial charge in [0.1, 0.15) is 0 Å². The molecule has 6 aromatic rings. The molecule has 9 rings (SSSR count). The van der Waals surface area contributed by atoms with Gasteiger partial charge in [0.2, 0.25) is 17.2 Å². The standard InChI is InChI=1S/C45H38ClN7O2/c1-27-12-21-31(22-13-27)53-38-11-5-8-32(38)36-26-29(18-23-39(36)53)15-14-28-16-19-30(20-17-28)49-45-51-43(46)50-44(52-45)48-25-24-47-37-10-4-9-35-40(37)42(55)34-7-3-2-6-33(34)41(35)54/h2-4,6-7,9-10,12-23,26,32,38,47H,5,8,11,24-25H2,1H3,(H2,48,49,50,51,52)/b15-14+. The number of hydrogen-bond acceptors (Lipinski definition) is 9. The summed E-state index contributed by atoms with van der Waals surface area (Å²) in [5.41, 5.74) is 10.7. The van der Waals surface area contributed by atoms with Crippen LogP contribution in [0.5, 0.6) is 0 Å². The minimum Gasteiger partial charge on any atom is -0.383 e. The first kappa shape index (κ1) is 34.4. The minimum atomic E-state index is -0.169. The largest absolute Gasteiger partial charge is 0.383 e. The quantitative estimate of drug-likeness (QED) is 0.0931. The Morgan fingerprint density at radius 2 is 1.44 bits per heavy atom. The Morgan fingerprint density at radius 3 is 2.25 bits per heavy atom. The van der Waals surface area contributed by atoms with Gasteiger partial charge in [0.15, 0.2) is 11.6 Å². The lowest BCUT2D eigenvalue weighted by Gasteiger charge is -2.27. The molecule has 3 N–H and O–H groups in total. The van der Waals surface area contributed by atoms with Gasteiger partial charge < -0.3 is 20.9 Å². The number of halogens is 1. The molecule has 9 nitrogen and oxygen atoms in total. The molecule has 10 heteroatoms. The molecule has 1 aromatic heterocycles. The average Bonchev–Trinajstić information content (AvgIpc) is 3.80. The number of aromatic nitrogens is 3. The van der Waals surface area contributed by atoms with E-state index < -0.39 is 0 Å². The molecule has 0 spiro atoms. The lowest BCUT2D eigenvalue weighted by atomic mass is 9.83. The second-order valence-electron chi connectivity index (χ2n) is 14.2. The molecule has 0 radical (unpaired) electrons. The predicted octanol–water partition coefficient (Wildman–Crippen LogP) is 9.83. The van der Waals surface area contributed by atoms with Crippen molar-refractivity contribution < 1.29 is 9.59 Å². The maximum Gasteiger partial charge on any atom is 0.233 e. The van der Waals surface area contributed by atoms with Crippen LogP contribution < -0.4 is 20.9 Å². The normalized spacial score (nSPS) is 16.8. The number of hydrogen-bond donors (Lipinski definition) is 3. The van der Waals surface area contributed by atoms with Gasteiger partial charge >= 0.3 is 0 Å². The Labute approximate surface area is 324 Å². The molecule has 2 aliphatic carbocycles. The van der Waals surface area contributed by atoms with Crippen LogP contribution in [-0.2, 0) is 0 Å². The lowest BCUT2D eigenvalue weighted by molar-refractivity contribution is 0.0979. The predicted molar refractivity (Wildman–Crippen MR) is 220 cm³/mol. The van der Waals surface area contributed by atoms with E-state index in [1.54, 1.807) is 42.5 Å². The Bertz CT molecular complexity index is 2480. The highest BCUT2D eigenvalue weighted by Crippen LogP contribution is 2.52. The minimum absolute atomic E-state index is 0.0488. The number of benzene rings is 5. The summed E-state index contributed by atoms with van der Waals surface area (Å²) >= 11 is 6.27. The molecular formula is C45H38ClN7O2. The van der Waals surface area contributed by atoms with Crippen LogP contribution >= 0.6 is 11.6 Å². The highest BCUT2D eigenvalue weighted by Gasteiger charge is 2.42. The summed E-state index contributed by atoms with van der Waals surface area (Å²) in [6.07, 6.45) is 8.06. The Kier molecular flexibility index (Phi) is 9.07. The third-order valence-electron chi connectivity index (χ3n) is 10.8. The highest BCUT2D eigenvalue weighted by molar-refractivity contribution is 6.30. The van der Waals surface area contributed by atoms with Crippen LogP contribution in [0.1, 0.15) is 79.3 Å². The lowest BCUT2D eigenvalue weighted by Crippen LogP contribution is -2.26. The van der Waals surface area contributed by atoms with Crippen molar-refractivity contribution in [1.82, 2.24) is 15.0 Å². The molecule has 2 heterocycles. The maximum absolute atomic E-state index is 13.3. The van der Waals surface area contributed by atoms with Crippen LogP contribution in [0.3, 0.4) is 0 Å². The smallest absolute Gasteiger partial charge is 0.233 e. The average molecular weight is 744 g/mol. The molecule has 1 aliphatic heterocycles. The monoisotopic (exact) mass is 743 g/mol. The first-order chi connectivity index (χ1) is 26.9. The van der Waals surface area contributed by atoms with E-state index in [1.165, 1.54) is 47.3 Å². The summed E-state index contributed by atoms with van der Waals surface area (Å²) in [6.45, 7) is 2.98. The zero-order valence-electron chi connectivity index (χ0n) is 30.2. The fourth-order valence-corrected chi connectivity index (χ4v) is 8.33. The fraction of sp³-hybridized carbons (Fsp3) is 0.178. The fourth-order valence-electron chi connectivity index (χ4n) is 8.17. The number of rotatable bonds is 10. The zero-order chi connectivity index (χ0) is 37.5. The van der Waals surface area contributed by atoms with Crippen molar-refractivity contribution in [3.8, 4) is 0 Å². The summed E-state index contributed by atoms with van der Waals surface area (Å²) < 4.78 is 0. The van der Waals surface area contributed by atoms with E-state index in [2.05, 4.69) is 97.3 Å². The van der Waals surface area contributed by atoms with E-state index in [4.69, 9.17) is 11.6 Å². The maximum atomic E-state index is 13.3. The molecule has 0 saturated heterocycles. The van der Waals surface area contributed by atoms with Crippen LogP contribution in [0.15, 0.2) is 109 Å². The number of nitrogens with zero attached hydrogens (tertiary/aromatic N) is 4. The number of ketones is 2. The molecule has 0 amide bonds. The van der Waals surface area contributed by atoms with E-state index in [0.717, 1.165) is 11.3 Å². The number of carbonyl (C=O) groups excluding carboxylic acids is 2. The molecule has 272 valence electrons. The van der Waals surface area contributed by atoms with E-state index in [1.807, 2.05) is 24.3 Å². The van der Waals surface area contributed by atoms with Crippen molar-refractivity contribution in [2.24, 2.45) is 0 Å². The van der Waals surface area contributed by atoms with Crippen LogP contribution in [0.4, 0.5) is 34.6 Å². The van der Waals surface area contributed by atoms with Gasteiger partial charge in [-0.05, 0) is 90.5 Å². The van der Waals surface area contributed by atoms with Gasteiger partial charge in [-0.15, -0.1) is 0 Å². The van der Waals surface area contributed by atoms with Gasteiger partial charge in [0, 0.05) is 64.5 Å². The van der Waals surface area contributed by atoms with Crippen molar-refractivity contribution >= 4 is 70.0 Å². The van der Waals surface area contributed by atoms with E-state index in [-0.39, 0.29) is 16.9 Å². The van der Waals surface area contributed by atoms with Crippen molar-refractivity contribution in [2.45, 2.75) is 38.1 Å². The second kappa shape index (κ2) is 14.5. The van der Waals surface area contributed by atoms with E-state index >= 15 is 0 Å². The van der Waals surface area contributed by atoms with E-state index in [0.29, 0.717) is 64.9 Å². The molecule has 0 bridgehead atoms. The van der Waals surface area contributed by atoms with Gasteiger partial charge in [-0.2, -0.15) is 15.0 Å². The molecule has 3 aliphatic rings. The SMILES string of the molecule is Cc1ccc(N2c3ccc(/C=C/c4ccc(Nc5nc(Cl)nc(NCCNc6cccc7c6C(=O)c6ccccc6C7=O)n5)cc4)cc3C3CCCC32)cc1. The first-order valence-electron chi connectivity index (χ1n) is 18.7. The van der Waals surface area contributed by atoms with Crippen LogP contribution in [-0.4, -0.2) is 45.6 Å². The summed E-state index contributed by atoms with van der Waals surface area (Å²) in [6, 6.07) is 36.6. The van der Waals surface area contributed by atoms with Gasteiger partial charge in [0.05, 0.1) is 5.56 Å². The Hall–Kier alpha value is -6.32. The third-order valence-corrected chi connectivity index (χ3v) is 10.9. The van der Waals surface area contributed by atoms with Crippen molar-refractivity contribution in [1.29, 1.82) is 0 Å². The molecule has 1 saturated carbocycles. The van der Waals surface area contributed by atoms with Crippen LogP contribution in [0.25, 0.3) is 12.2 Å². The number of aryl methyl sites for hydroxylation is 1. The van der Waals surface area contributed by atoms with E-state index in [9.17, 15) is 9.59 Å². The molecule has 55 heavy (non-hydrogen) atoms. The number of carbonyl (C=O) groups is 2. The number of nitrogens with one attached hydrogen (secondary N) is 3. The van der Waals surface area contributed by atoms with Crippen LogP contribution in [0.2, 0.25) is 5.28 Å². The van der Waals surface area contributed by atoms with Gasteiger partial charge in [-0.1, -0.05) is 90.9 Å². The van der Waals surface area contributed by atoms with Gasteiger partial charge in [-0.3, -0.25) is 9.59 Å². The molecule has 2 unspecified atom stereocenters. The Balaban J connectivity index is 0.822. The molecular weight excluding hydrogens is 706 g/mol. The Morgan fingerprint density at radius 1 is 0.727 bits per heavy atom. The van der Waals surface area contributed by atoms with Gasteiger partial charge in [-0.25, -0.2) is 0 Å². The van der Waals surface area contributed by atoms with Crippen molar-refractivity contribution in [3.05, 3.63) is 159 Å². The number of anilines is 6. The van der Waals surface area contributed by atoms with Crippen LogP contribution in [0, 0.1) is 6.92 Å². The summed E-state index contributed by atoms with van der Waals surface area (Å²) in [4.78, 5) is 41.9. The summed E-state index contributed by atoms with van der Waals surface area (Å²) in [5.74, 6) is 0.865. The van der Waals surface area contributed by atoms with Crippen molar-refractivity contribution in [3.63, 3.8) is 0 Å². The molecule has 1 fully saturated rings. The zero-order valence-corrected chi connectivity index (χ0v) is 31.0. The second-order valence-corrected chi connectivity index (χ2v) is 14.6. The topological polar surface area (TPSA) is 112 Å². The molecule has 2 atom stereocenters. The van der Waals surface area contributed by atoms with Gasteiger partial charge in [0.25, 0.3) is 0 Å². The third kappa shape index (κ3) is 6.72. The van der Waals surface area contributed by atoms with Crippen molar-refractivity contribution in [2.75, 3.05) is 33.9 Å². The first-order valence-corrected chi connectivity index (χ1v) is 19.0. The number of fused-ring (bicyclic) bond motifs is 5.